The second kappa shape index (κ2) is 7.43. The van der Waals surface area contributed by atoms with Crippen LogP contribution in [0, 0.1) is 6.92 Å². The fourth-order valence-electron chi connectivity index (χ4n) is 3.33. The van der Waals surface area contributed by atoms with Gasteiger partial charge in [0.2, 0.25) is 10.0 Å². The molecule has 1 aliphatic carbocycles. The van der Waals surface area contributed by atoms with Gasteiger partial charge in [-0.3, -0.25) is 0 Å². The molecule has 1 heterocycles. The highest BCUT2D eigenvalue weighted by Gasteiger charge is 2.31. The van der Waals surface area contributed by atoms with Gasteiger partial charge in [-0.2, -0.15) is 4.31 Å². The van der Waals surface area contributed by atoms with E-state index in [1.54, 1.807) is 30.5 Å². The van der Waals surface area contributed by atoms with Gasteiger partial charge in [-0.05, 0) is 38.0 Å². The molecular formula is C18H24N2O3S2. The van der Waals surface area contributed by atoms with Crippen LogP contribution < -0.4 is 4.74 Å². The van der Waals surface area contributed by atoms with Crippen molar-refractivity contribution in [3.05, 3.63) is 28.6 Å². The van der Waals surface area contributed by atoms with Crippen LogP contribution in [0.5, 0.6) is 5.75 Å². The number of aromatic nitrogens is 1. The second-order valence-electron chi connectivity index (χ2n) is 6.43. The molecule has 0 aliphatic heterocycles. The Hall–Kier alpha value is -1.44. The first-order chi connectivity index (χ1) is 11.9. The number of methoxy groups -OCH3 is 1. The van der Waals surface area contributed by atoms with Gasteiger partial charge < -0.3 is 4.74 Å². The van der Waals surface area contributed by atoms with Crippen LogP contribution in [0.4, 0.5) is 0 Å². The van der Waals surface area contributed by atoms with E-state index in [2.05, 4.69) is 4.98 Å². The van der Waals surface area contributed by atoms with Crippen molar-refractivity contribution in [2.24, 2.45) is 0 Å². The first-order valence-electron chi connectivity index (χ1n) is 8.52. The third kappa shape index (κ3) is 3.73. The van der Waals surface area contributed by atoms with Crippen LogP contribution in [0.1, 0.15) is 37.1 Å². The van der Waals surface area contributed by atoms with E-state index < -0.39 is 10.0 Å². The molecule has 5 nitrogen and oxygen atoms in total. The highest BCUT2D eigenvalue weighted by Crippen LogP contribution is 2.34. The highest BCUT2D eigenvalue weighted by atomic mass is 32.2. The van der Waals surface area contributed by atoms with Crippen LogP contribution in [0.3, 0.4) is 0 Å². The normalized spacial score (nSPS) is 16.3. The second-order valence-corrected chi connectivity index (χ2v) is 9.46. The molecule has 0 amide bonds. The molecule has 0 atom stereocenters. The van der Waals surface area contributed by atoms with E-state index in [0.717, 1.165) is 41.9 Å². The Morgan fingerprint density at radius 3 is 2.56 bits per heavy atom. The minimum atomic E-state index is -3.62. The van der Waals surface area contributed by atoms with E-state index >= 15 is 0 Å². The zero-order valence-electron chi connectivity index (χ0n) is 14.9. The number of hydrogen-bond donors (Lipinski definition) is 0. The summed E-state index contributed by atoms with van der Waals surface area (Å²) in [4.78, 5) is 4.68. The minimum absolute atomic E-state index is 0.0635. The number of thiazole rings is 1. The third-order valence-electron chi connectivity index (χ3n) is 4.82. The summed E-state index contributed by atoms with van der Waals surface area (Å²) >= 11 is 1.55. The lowest BCUT2D eigenvalue weighted by Crippen LogP contribution is -2.38. The van der Waals surface area contributed by atoms with Gasteiger partial charge in [0.1, 0.15) is 10.6 Å². The molecule has 1 aromatic carbocycles. The summed E-state index contributed by atoms with van der Waals surface area (Å²) in [5, 5.41) is 2.90. The van der Waals surface area contributed by atoms with Crippen molar-refractivity contribution >= 4 is 21.4 Å². The average molecular weight is 381 g/mol. The first kappa shape index (κ1) is 18.4. The van der Waals surface area contributed by atoms with Crippen LogP contribution in [-0.2, 0) is 10.0 Å². The van der Waals surface area contributed by atoms with Crippen LogP contribution in [-0.4, -0.2) is 37.9 Å². The molecule has 1 fully saturated rings. The molecular weight excluding hydrogens is 356 g/mol. The molecule has 1 aliphatic rings. The fourth-order valence-corrected chi connectivity index (χ4v) is 5.55. The molecule has 7 heteroatoms. The summed E-state index contributed by atoms with van der Waals surface area (Å²) in [7, 11) is -0.435. The van der Waals surface area contributed by atoms with E-state index in [0.29, 0.717) is 5.75 Å². The smallest absolute Gasteiger partial charge is 0.246 e. The van der Waals surface area contributed by atoms with Crippen molar-refractivity contribution in [3.63, 3.8) is 0 Å². The zero-order valence-corrected chi connectivity index (χ0v) is 16.5. The summed E-state index contributed by atoms with van der Waals surface area (Å²) in [5.41, 5.74) is 1.59. The minimum Gasteiger partial charge on any atom is -0.495 e. The lowest BCUT2D eigenvalue weighted by Gasteiger charge is -2.30. The van der Waals surface area contributed by atoms with Crippen LogP contribution in [0.15, 0.2) is 28.5 Å². The predicted molar refractivity (Wildman–Crippen MR) is 101 cm³/mol. The number of aryl methyl sites for hydroxylation is 1. The lowest BCUT2D eigenvalue weighted by atomic mass is 9.96. The van der Waals surface area contributed by atoms with Crippen molar-refractivity contribution < 1.29 is 13.2 Å². The molecule has 0 saturated heterocycles. The van der Waals surface area contributed by atoms with Gasteiger partial charge in [-0.1, -0.05) is 19.3 Å². The Kier molecular flexibility index (Phi) is 5.46. The summed E-state index contributed by atoms with van der Waals surface area (Å²) in [5.74, 6) is 0.373. The maximum Gasteiger partial charge on any atom is 0.246 e. The number of hydrogen-bond acceptors (Lipinski definition) is 5. The monoisotopic (exact) mass is 380 g/mol. The largest absolute Gasteiger partial charge is 0.495 e. The summed E-state index contributed by atoms with van der Waals surface area (Å²) in [6, 6.07) is 5.31. The number of ether oxygens (including phenoxy) is 1. The van der Waals surface area contributed by atoms with Crippen molar-refractivity contribution in [1.29, 1.82) is 0 Å². The van der Waals surface area contributed by atoms with E-state index in [1.807, 2.05) is 18.4 Å². The molecule has 1 aromatic heterocycles. The SMILES string of the molecule is COc1ccc(-c2csc(C)n2)cc1S(=O)(=O)N(C)C1CCCCC1. The van der Waals surface area contributed by atoms with Gasteiger partial charge in [-0.25, -0.2) is 13.4 Å². The van der Waals surface area contributed by atoms with Gasteiger partial charge in [0.15, 0.2) is 0 Å². The van der Waals surface area contributed by atoms with E-state index in [4.69, 9.17) is 4.74 Å². The topological polar surface area (TPSA) is 59.5 Å². The Labute approximate surface area is 153 Å². The molecule has 3 rings (SSSR count). The van der Waals surface area contributed by atoms with Crippen LogP contribution >= 0.6 is 11.3 Å². The molecule has 0 unspecified atom stereocenters. The summed E-state index contributed by atoms with van der Waals surface area (Å²) in [6.07, 6.45) is 5.19. The van der Waals surface area contributed by atoms with Crippen molar-refractivity contribution in [3.8, 4) is 17.0 Å². The van der Waals surface area contributed by atoms with E-state index in [1.165, 1.54) is 17.8 Å². The van der Waals surface area contributed by atoms with Crippen LogP contribution in [0.2, 0.25) is 0 Å². The Morgan fingerprint density at radius 2 is 1.96 bits per heavy atom. The van der Waals surface area contributed by atoms with Crippen molar-refractivity contribution in [2.45, 2.75) is 50.0 Å². The molecule has 0 N–H and O–H groups in total. The molecule has 0 spiro atoms. The molecule has 2 aromatic rings. The fraction of sp³-hybridized carbons (Fsp3) is 0.500. The van der Waals surface area contributed by atoms with Crippen molar-refractivity contribution in [1.82, 2.24) is 9.29 Å². The van der Waals surface area contributed by atoms with E-state index in [-0.39, 0.29) is 10.9 Å². The Bertz CT molecular complexity index is 840. The Morgan fingerprint density at radius 1 is 1.24 bits per heavy atom. The van der Waals surface area contributed by atoms with Crippen LogP contribution in [0.25, 0.3) is 11.3 Å². The van der Waals surface area contributed by atoms with Gasteiger partial charge >= 0.3 is 0 Å². The maximum atomic E-state index is 13.2. The molecule has 0 bridgehead atoms. The van der Waals surface area contributed by atoms with E-state index in [9.17, 15) is 8.42 Å². The highest BCUT2D eigenvalue weighted by molar-refractivity contribution is 7.89. The number of sulfonamides is 1. The average Bonchev–Trinajstić information content (AvgIpc) is 3.07. The molecule has 136 valence electrons. The van der Waals surface area contributed by atoms with Gasteiger partial charge in [0.05, 0.1) is 17.8 Å². The predicted octanol–water partition coefficient (Wildman–Crippen LogP) is 4.08. The van der Waals surface area contributed by atoms with Crippen molar-refractivity contribution in [2.75, 3.05) is 14.2 Å². The zero-order chi connectivity index (χ0) is 18.0. The number of rotatable bonds is 5. The third-order valence-corrected chi connectivity index (χ3v) is 7.53. The summed E-state index contributed by atoms with van der Waals surface area (Å²) < 4.78 is 33.3. The first-order valence-corrected chi connectivity index (χ1v) is 10.8. The number of nitrogens with zero attached hydrogens (tertiary/aromatic N) is 2. The molecule has 0 radical (unpaired) electrons. The molecule has 25 heavy (non-hydrogen) atoms. The lowest BCUT2D eigenvalue weighted by molar-refractivity contribution is 0.284. The maximum absolute atomic E-state index is 13.2. The molecule has 1 saturated carbocycles. The summed E-state index contributed by atoms with van der Waals surface area (Å²) in [6.45, 7) is 1.94. The number of benzene rings is 1. The van der Waals surface area contributed by atoms with Gasteiger partial charge in [0, 0.05) is 24.0 Å². The Balaban J connectivity index is 2.01. The van der Waals surface area contributed by atoms with Gasteiger partial charge in [0.25, 0.3) is 0 Å². The quantitative estimate of drug-likeness (QED) is 0.784. The van der Waals surface area contributed by atoms with Gasteiger partial charge in [-0.15, -0.1) is 11.3 Å². The standard InChI is InChI=1S/C18H24N2O3S2/c1-13-19-16(12-24-13)14-9-10-17(23-3)18(11-14)25(21,22)20(2)15-7-5-4-6-8-15/h9-12,15H,4-8H2,1-3H3.